The fourth-order valence-corrected chi connectivity index (χ4v) is 1.84. The van der Waals surface area contributed by atoms with Crippen LogP contribution in [0.4, 0.5) is 5.82 Å². The van der Waals surface area contributed by atoms with Crippen molar-refractivity contribution in [3.05, 3.63) is 23.9 Å². The highest BCUT2D eigenvalue weighted by molar-refractivity contribution is 5.35. The van der Waals surface area contributed by atoms with Gasteiger partial charge in [-0.25, -0.2) is 10.8 Å². The number of hydrazine groups is 1. The summed E-state index contributed by atoms with van der Waals surface area (Å²) in [6, 6.07) is 4.56. The third-order valence-electron chi connectivity index (χ3n) is 2.81. The van der Waals surface area contributed by atoms with Crippen LogP contribution in [0.25, 0.3) is 0 Å². The van der Waals surface area contributed by atoms with E-state index < -0.39 is 0 Å². The van der Waals surface area contributed by atoms with E-state index in [1.807, 2.05) is 12.1 Å². The van der Waals surface area contributed by atoms with Gasteiger partial charge in [-0.1, -0.05) is 0 Å². The summed E-state index contributed by atoms with van der Waals surface area (Å²) in [5, 5.41) is 9.01. The van der Waals surface area contributed by atoms with E-state index in [2.05, 4.69) is 15.3 Å². The minimum absolute atomic E-state index is 0.212. The first-order valence-electron chi connectivity index (χ1n) is 5.60. The van der Waals surface area contributed by atoms with E-state index in [4.69, 9.17) is 10.9 Å². The average Bonchev–Trinajstić information content (AvgIpc) is 3.13. The molecule has 0 saturated heterocycles. The quantitative estimate of drug-likeness (QED) is 0.477. The summed E-state index contributed by atoms with van der Waals surface area (Å²) < 4.78 is 0. The monoisotopic (exact) mass is 222 g/mol. The molecule has 0 radical (unpaired) electrons. The van der Waals surface area contributed by atoms with Gasteiger partial charge in [-0.15, -0.1) is 0 Å². The van der Waals surface area contributed by atoms with Crippen LogP contribution in [0.2, 0.25) is 0 Å². The summed E-state index contributed by atoms with van der Waals surface area (Å²) in [5.74, 6) is 5.99. The third-order valence-corrected chi connectivity index (χ3v) is 2.81. The van der Waals surface area contributed by atoms with E-state index >= 15 is 0 Å². The highest BCUT2D eigenvalue weighted by Gasteiger charge is 2.28. The Hall–Kier alpha value is -1.17. The van der Waals surface area contributed by atoms with Crippen LogP contribution in [0.5, 0.6) is 0 Å². The molecule has 0 amide bonds. The van der Waals surface area contributed by atoms with Gasteiger partial charge in [-0.05, 0) is 30.5 Å². The topological polar surface area (TPSA) is 74.4 Å². The van der Waals surface area contributed by atoms with Gasteiger partial charge in [0.2, 0.25) is 0 Å². The van der Waals surface area contributed by atoms with Crippen LogP contribution in [-0.4, -0.2) is 34.2 Å². The average molecular weight is 222 g/mol. The fourth-order valence-electron chi connectivity index (χ4n) is 1.84. The first-order chi connectivity index (χ1) is 7.83. The molecular weight excluding hydrogens is 204 g/mol. The lowest BCUT2D eigenvalue weighted by atomic mass is 10.2. The molecule has 1 aliphatic carbocycles. The number of nitrogen functional groups attached to an aromatic ring is 1. The molecule has 1 fully saturated rings. The van der Waals surface area contributed by atoms with Gasteiger partial charge in [0, 0.05) is 25.3 Å². The van der Waals surface area contributed by atoms with Crippen molar-refractivity contribution in [3.8, 4) is 0 Å². The molecule has 0 aromatic carbocycles. The van der Waals surface area contributed by atoms with E-state index in [9.17, 15) is 0 Å². The van der Waals surface area contributed by atoms with E-state index in [0.717, 1.165) is 13.1 Å². The molecule has 16 heavy (non-hydrogen) atoms. The molecule has 1 aromatic rings. The van der Waals surface area contributed by atoms with Crippen molar-refractivity contribution in [3.63, 3.8) is 0 Å². The van der Waals surface area contributed by atoms with Gasteiger partial charge in [-0.3, -0.25) is 4.90 Å². The molecule has 1 heterocycles. The van der Waals surface area contributed by atoms with Gasteiger partial charge in [0.25, 0.3) is 0 Å². The first-order valence-corrected chi connectivity index (χ1v) is 5.60. The van der Waals surface area contributed by atoms with Crippen molar-refractivity contribution in [2.24, 2.45) is 5.84 Å². The molecule has 4 N–H and O–H groups in total. The Bertz CT molecular complexity index is 341. The van der Waals surface area contributed by atoms with Crippen molar-refractivity contribution < 1.29 is 5.11 Å². The number of aliphatic hydroxyl groups is 1. The van der Waals surface area contributed by atoms with Gasteiger partial charge >= 0.3 is 0 Å². The number of anilines is 1. The van der Waals surface area contributed by atoms with Gasteiger partial charge < -0.3 is 10.5 Å². The van der Waals surface area contributed by atoms with Gasteiger partial charge in [0.1, 0.15) is 5.82 Å². The van der Waals surface area contributed by atoms with Gasteiger partial charge in [-0.2, -0.15) is 0 Å². The molecular formula is C11H18N4O. The lowest BCUT2D eigenvalue weighted by Gasteiger charge is -2.20. The van der Waals surface area contributed by atoms with Crippen LogP contribution in [0.15, 0.2) is 18.3 Å². The third kappa shape index (κ3) is 2.91. The first kappa shape index (κ1) is 11.3. The Morgan fingerprint density at radius 1 is 1.56 bits per heavy atom. The van der Waals surface area contributed by atoms with Gasteiger partial charge in [0.05, 0.1) is 6.61 Å². The minimum Gasteiger partial charge on any atom is -0.395 e. The van der Waals surface area contributed by atoms with Crippen LogP contribution >= 0.6 is 0 Å². The predicted molar refractivity (Wildman–Crippen MR) is 62.6 cm³/mol. The zero-order valence-corrected chi connectivity index (χ0v) is 9.26. The predicted octanol–water partition coefficient (Wildman–Crippen LogP) is 0.324. The summed E-state index contributed by atoms with van der Waals surface area (Å²) >= 11 is 0. The molecule has 0 atom stereocenters. The summed E-state index contributed by atoms with van der Waals surface area (Å²) in [6.07, 6.45) is 4.23. The largest absolute Gasteiger partial charge is 0.395 e. The number of aliphatic hydroxyl groups excluding tert-OH is 1. The van der Waals surface area contributed by atoms with E-state index in [-0.39, 0.29) is 6.61 Å². The second kappa shape index (κ2) is 5.25. The normalized spacial score (nSPS) is 15.4. The van der Waals surface area contributed by atoms with Crippen molar-refractivity contribution in [2.45, 2.75) is 25.4 Å². The molecule has 5 heteroatoms. The lowest BCUT2D eigenvalue weighted by Crippen LogP contribution is -2.28. The number of hydrogen-bond donors (Lipinski definition) is 3. The van der Waals surface area contributed by atoms with E-state index in [1.54, 1.807) is 6.20 Å². The summed E-state index contributed by atoms with van der Waals surface area (Å²) in [4.78, 5) is 6.37. The Kier molecular flexibility index (Phi) is 3.71. The molecule has 0 aliphatic heterocycles. The zero-order chi connectivity index (χ0) is 11.4. The maximum atomic E-state index is 9.01. The Morgan fingerprint density at radius 3 is 3.00 bits per heavy atom. The number of aromatic nitrogens is 1. The molecule has 2 rings (SSSR count). The number of nitrogens with zero attached hydrogens (tertiary/aromatic N) is 2. The van der Waals surface area contributed by atoms with Crippen LogP contribution in [0.3, 0.4) is 0 Å². The molecule has 88 valence electrons. The Morgan fingerprint density at radius 2 is 2.38 bits per heavy atom. The fraction of sp³-hybridized carbons (Fsp3) is 0.545. The van der Waals surface area contributed by atoms with Crippen LogP contribution in [0.1, 0.15) is 18.4 Å². The molecule has 0 bridgehead atoms. The highest BCUT2D eigenvalue weighted by atomic mass is 16.3. The summed E-state index contributed by atoms with van der Waals surface area (Å²) in [7, 11) is 0. The molecule has 0 spiro atoms. The Balaban J connectivity index is 1.99. The second-order valence-electron chi connectivity index (χ2n) is 4.12. The van der Waals surface area contributed by atoms with Crippen molar-refractivity contribution in [1.82, 2.24) is 9.88 Å². The Labute approximate surface area is 95.2 Å². The molecule has 1 aromatic heterocycles. The van der Waals surface area contributed by atoms with E-state index in [1.165, 1.54) is 18.4 Å². The summed E-state index contributed by atoms with van der Waals surface area (Å²) in [6.45, 7) is 1.80. The standard InChI is InChI=1S/C11H18N4O/c12-14-11-7-9(3-4-13-11)8-15(5-6-16)10-1-2-10/h3-4,7,10,16H,1-2,5-6,8,12H2,(H,13,14). The maximum absolute atomic E-state index is 9.01. The van der Waals surface area contributed by atoms with Crippen LogP contribution in [0, 0.1) is 0 Å². The second-order valence-corrected chi connectivity index (χ2v) is 4.12. The summed E-state index contributed by atoms with van der Waals surface area (Å²) in [5.41, 5.74) is 3.71. The van der Waals surface area contributed by atoms with Crippen molar-refractivity contribution >= 4 is 5.82 Å². The number of hydrogen-bond acceptors (Lipinski definition) is 5. The number of nitrogens with two attached hydrogens (primary N) is 1. The highest BCUT2D eigenvalue weighted by Crippen LogP contribution is 2.28. The van der Waals surface area contributed by atoms with Crippen molar-refractivity contribution in [1.29, 1.82) is 0 Å². The smallest absolute Gasteiger partial charge is 0.140 e. The molecule has 0 unspecified atom stereocenters. The molecule has 1 aliphatic rings. The lowest BCUT2D eigenvalue weighted by molar-refractivity contribution is 0.183. The molecule has 1 saturated carbocycles. The zero-order valence-electron chi connectivity index (χ0n) is 9.26. The van der Waals surface area contributed by atoms with Gasteiger partial charge in [0.15, 0.2) is 0 Å². The number of rotatable bonds is 6. The molecule has 5 nitrogen and oxygen atoms in total. The minimum atomic E-state index is 0.212. The van der Waals surface area contributed by atoms with E-state index in [0.29, 0.717) is 11.9 Å². The number of pyridine rings is 1. The van der Waals surface area contributed by atoms with Crippen molar-refractivity contribution in [2.75, 3.05) is 18.6 Å². The SMILES string of the molecule is NNc1cc(CN(CCO)C2CC2)ccn1. The van der Waals surface area contributed by atoms with Crippen LogP contribution in [-0.2, 0) is 6.54 Å². The van der Waals surface area contributed by atoms with Crippen LogP contribution < -0.4 is 11.3 Å². The maximum Gasteiger partial charge on any atom is 0.140 e. The number of nitrogens with one attached hydrogen (secondary N) is 1.